The molecule has 1 aliphatic heterocycles. The van der Waals surface area contributed by atoms with Crippen molar-refractivity contribution in [2.45, 2.75) is 64.3 Å². The first-order valence-electron chi connectivity index (χ1n) is 14.5. The molecule has 1 saturated heterocycles. The molecule has 0 unspecified atom stereocenters. The van der Waals surface area contributed by atoms with Gasteiger partial charge in [-0.1, -0.05) is 19.6 Å². The summed E-state index contributed by atoms with van der Waals surface area (Å²) < 4.78 is 88.6. The van der Waals surface area contributed by atoms with E-state index in [9.17, 15) is 35.9 Å². The molecule has 0 saturated carbocycles. The molecule has 3 aromatic rings. The molecule has 1 atom stereocenters. The number of ether oxygens (including phenoxy) is 1. The minimum Gasteiger partial charge on any atom is -0.379 e. The Morgan fingerprint density at radius 3 is 2.39 bits per heavy atom. The second kappa shape index (κ2) is 13.8. The fourth-order valence-corrected chi connectivity index (χ4v) is 5.51. The highest BCUT2D eigenvalue weighted by Gasteiger charge is 2.39. The average molecular weight is 675 g/mol. The molecule has 0 spiro atoms. The SMILES string of the molecule is C[C@@H](Cn1ccc(C(=O)N2CCN(c3nccc(C(F)(F)F)n3)CC2)c1)Nc1cnn(COCC[Si](C)(C)C)c(=O)c1C(F)(F)F. The van der Waals surface area contributed by atoms with Crippen LogP contribution in [0.5, 0.6) is 0 Å². The largest absolute Gasteiger partial charge is 0.433 e. The fourth-order valence-electron chi connectivity index (χ4n) is 4.75. The molecule has 252 valence electrons. The Labute approximate surface area is 262 Å². The highest BCUT2D eigenvalue weighted by molar-refractivity contribution is 6.76. The molecule has 0 aliphatic carbocycles. The lowest BCUT2D eigenvalue weighted by atomic mass is 10.2. The van der Waals surface area contributed by atoms with E-state index in [-0.39, 0.29) is 44.6 Å². The van der Waals surface area contributed by atoms with Crippen molar-refractivity contribution in [1.82, 2.24) is 29.2 Å². The molecule has 46 heavy (non-hydrogen) atoms. The van der Waals surface area contributed by atoms with Crippen LogP contribution in [0.2, 0.25) is 25.7 Å². The molecule has 4 rings (SSSR count). The first kappa shape index (κ1) is 34.9. The third kappa shape index (κ3) is 9.08. The Kier molecular flexibility index (Phi) is 10.5. The van der Waals surface area contributed by atoms with Gasteiger partial charge >= 0.3 is 12.4 Å². The number of hydrogen-bond acceptors (Lipinski definition) is 8. The van der Waals surface area contributed by atoms with Gasteiger partial charge < -0.3 is 24.4 Å². The van der Waals surface area contributed by atoms with E-state index in [1.807, 2.05) is 0 Å². The van der Waals surface area contributed by atoms with Crippen LogP contribution >= 0.6 is 0 Å². The number of nitrogens with one attached hydrogen (secondary N) is 1. The smallest absolute Gasteiger partial charge is 0.379 e. The molecule has 11 nitrogen and oxygen atoms in total. The van der Waals surface area contributed by atoms with Gasteiger partial charge in [0.25, 0.3) is 11.5 Å². The second-order valence-electron chi connectivity index (χ2n) is 12.2. The van der Waals surface area contributed by atoms with Gasteiger partial charge in [-0.25, -0.2) is 14.6 Å². The van der Waals surface area contributed by atoms with Crippen molar-refractivity contribution in [3.63, 3.8) is 0 Å². The number of alkyl halides is 6. The van der Waals surface area contributed by atoms with Gasteiger partial charge in [0.15, 0.2) is 0 Å². The number of piperazine rings is 1. The molecule has 0 aromatic carbocycles. The van der Waals surface area contributed by atoms with Crippen LogP contribution < -0.4 is 15.8 Å². The van der Waals surface area contributed by atoms with Gasteiger partial charge in [-0.15, -0.1) is 0 Å². The van der Waals surface area contributed by atoms with Crippen LogP contribution in [0.4, 0.5) is 38.0 Å². The number of carbonyl (C=O) groups excluding carboxylic acids is 1. The minimum atomic E-state index is -4.94. The molecule has 18 heteroatoms. The van der Waals surface area contributed by atoms with E-state index in [0.717, 1.165) is 24.5 Å². The number of rotatable bonds is 11. The van der Waals surface area contributed by atoms with Gasteiger partial charge in [0.05, 0.1) is 17.4 Å². The highest BCUT2D eigenvalue weighted by atomic mass is 28.3. The summed E-state index contributed by atoms with van der Waals surface area (Å²) in [6.07, 6.45) is -4.37. The van der Waals surface area contributed by atoms with Crippen LogP contribution in [0.3, 0.4) is 0 Å². The van der Waals surface area contributed by atoms with Crippen LogP contribution in [0.15, 0.2) is 41.7 Å². The third-order valence-electron chi connectivity index (χ3n) is 7.20. The van der Waals surface area contributed by atoms with Crippen LogP contribution in [-0.4, -0.2) is 82.0 Å². The maximum atomic E-state index is 13.9. The van der Waals surface area contributed by atoms with Crippen molar-refractivity contribution in [1.29, 1.82) is 0 Å². The number of halogens is 6. The highest BCUT2D eigenvalue weighted by Crippen LogP contribution is 2.32. The summed E-state index contributed by atoms with van der Waals surface area (Å²) in [5.41, 5.74) is -3.86. The molecule has 1 aliphatic rings. The van der Waals surface area contributed by atoms with Crippen molar-refractivity contribution >= 4 is 25.6 Å². The van der Waals surface area contributed by atoms with Crippen molar-refractivity contribution in [2.24, 2.45) is 0 Å². The lowest BCUT2D eigenvalue weighted by Gasteiger charge is -2.34. The first-order valence-corrected chi connectivity index (χ1v) is 18.2. The number of aromatic nitrogens is 5. The Hall–Kier alpha value is -3.93. The number of anilines is 2. The normalized spacial score (nSPS) is 15.3. The number of amides is 1. The maximum Gasteiger partial charge on any atom is 0.433 e. The van der Waals surface area contributed by atoms with E-state index in [1.165, 1.54) is 0 Å². The zero-order valence-corrected chi connectivity index (χ0v) is 26.8. The van der Waals surface area contributed by atoms with E-state index >= 15 is 0 Å². The summed E-state index contributed by atoms with van der Waals surface area (Å²) in [6.45, 7) is 9.01. The predicted molar refractivity (Wildman–Crippen MR) is 160 cm³/mol. The molecule has 1 N–H and O–H groups in total. The molecule has 1 amide bonds. The zero-order chi connectivity index (χ0) is 33.9. The lowest BCUT2D eigenvalue weighted by Crippen LogP contribution is -2.49. The lowest BCUT2D eigenvalue weighted by molar-refractivity contribution is -0.141. The van der Waals surface area contributed by atoms with E-state index in [1.54, 1.807) is 39.8 Å². The van der Waals surface area contributed by atoms with Gasteiger partial charge in [0, 0.05) is 72.0 Å². The van der Waals surface area contributed by atoms with Gasteiger partial charge in [-0.3, -0.25) is 9.59 Å². The van der Waals surface area contributed by atoms with Crippen molar-refractivity contribution < 1.29 is 35.9 Å². The molecule has 0 radical (unpaired) electrons. The summed E-state index contributed by atoms with van der Waals surface area (Å²) in [5.74, 6) is -0.371. The van der Waals surface area contributed by atoms with Gasteiger partial charge in [-0.2, -0.15) is 31.4 Å². The first-order chi connectivity index (χ1) is 21.4. The van der Waals surface area contributed by atoms with Crippen LogP contribution in [0, 0.1) is 0 Å². The Morgan fingerprint density at radius 1 is 1.07 bits per heavy atom. The van der Waals surface area contributed by atoms with Crippen molar-refractivity contribution in [3.8, 4) is 0 Å². The summed E-state index contributed by atoms with van der Waals surface area (Å²) >= 11 is 0. The monoisotopic (exact) mass is 674 g/mol. The van der Waals surface area contributed by atoms with Gasteiger partial charge in [-0.05, 0) is 25.1 Å². The zero-order valence-electron chi connectivity index (χ0n) is 25.8. The fraction of sp³-hybridized carbons (Fsp3) is 0.536. The second-order valence-corrected chi connectivity index (χ2v) is 17.9. The third-order valence-corrected chi connectivity index (χ3v) is 8.91. The summed E-state index contributed by atoms with van der Waals surface area (Å²) in [7, 11) is -1.42. The van der Waals surface area contributed by atoms with Crippen LogP contribution in [0.1, 0.15) is 28.5 Å². The van der Waals surface area contributed by atoms with Gasteiger partial charge in [0.1, 0.15) is 18.0 Å². The van der Waals surface area contributed by atoms with E-state index < -0.39 is 55.7 Å². The molecule has 1 fully saturated rings. The molecule has 4 heterocycles. The van der Waals surface area contributed by atoms with E-state index in [0.29, 0.717) is 16.9 Å². The van der Waals surface area contributed by atoms with E-state index in [2.05, 4.69) is 40.0 Å². The molecule has 3 aromatic heterocycles. The predicted octanol–water partition coefficient (Wildman–Crippen LogP) is 4.65. The molecular formula is C28H36F6N8O3Si. The van der Waals surface area contributed by atoms with Gasteiger partial charge in [0.2, 0.25) is 5.95 Å². The summed E-state index contributed by atoms with van der Waals surface area (Å²) in [4.78, 5) is 36.5. The molecule has 0 bridgehead atoms. The van der Waals surface area contributed by atoms with Crippen LogP contribution in [-0.2, 0) is 30.4 Å². The topological polar surface area (TPSA) is 110 Å². The van der Waals surface area contributed by atoms with E-state index in [4.69, 9.17) is 4.74 Å². The number of nitrogens with zero attached hydrogens (tertiary/aromatic N) is 7. The number of carbonyl (C=O) groups is 1. The maximum absolute atomic E-state index is 13.9. The Bertz CT molecular complexity index is 1560. The van der Waals surface area contributed by atoms with Crippen molar-refractivity contribution in [2.75, 3.05) is 43.0 Å². The quantitative estimate of drug-likeness (QED) is 0.178. The number of hydrogen-bond donors (Lipinski definition) is 1. The molecular weight excluding hydrogens is 638 g/mol. The Balaban J connectivity index is 1.35. The standard InChI is InChI=1S/C28H36F6N8O3Si/c1-19(37-21-15-36-42(18-45-13-14-46(2,3)4)25(44)23(21)28(32,33)34)16-39-8-6-20(17-39)24(43)40-9-11-41(12-10-40)26-35-7-5-22(38-26)27(29,30)31/h5-8,15,17,19,37H,9-14,16,18H2,1-4H3/t19-/m0/s1. The Morgan fingerprint density at radius 2 is 1.76 bits per heavy atom. The van der Waals surface area contributed by atoms with Crippen molar-refractivity contribution in [3.05, 3.63) is 64.1 Å². The summed E-state index contributed by atoms with van der Waals surface area (Å²) in [5, 5.41) is 6.60. The minimum absolute atomic E-state index is 0.0680. The summed E-state index contributed by atoms with van der Waals surface area (Å²) in [6, 6.07) is 2.55. The van der Waals surface area contributed by atoms with Crippen LogP contribution in [0.25, 0.3) is 0 Å². The average Bonchev–Trinajstić information content (AvgIpc) is 3.42.